The van der Waals surface area contributed by atoms with E-state index in [-0.39, 0.29) is 11.1 Å². The molecule has 2 rings (SSSR count). The quantitative estimate of drug-likeness (QED) is 0.682. The highest BCUT2D eigenvalue weighted by molar-refractivity contribution is 5.85. The van der Waals surface area contributed by atoms with E-state index < -0.39 is 11.9 Å². The van der Waals surface area contributed by atoms with Gasteiger partial charge < -0.3 is 0 Å². The Morgan fingerprint density at radius 2 is 2.07 bits per heavy atom. The second-order valence-corrected chi connectivity index (χ2v) is 2.92. The van der Waals surface area contributed by atoms with Crippen LogP contribution in [0, 0.1) is 0 Å². The van der Waals surface area contributed by atoms with Crippen molar-refractivity contribution in [1.29, 1.82) is 0 Å². The lowest BCUT2D eigenvalue weighted by atomic mass is 10.2. The van der Waals surface area contributed by atoms with Crippen LogP contribution in [0.1, 0.15) is 16.1 Å². The number of rotatable bonds is 1. The SMILES string of the molecule is O=Cc1cnn2c(C(F)(F)F)cccc12. The van der Waals surface area contributed by atoms with E-state index in [0.717, 1.165) is 12.3 Å². The van der Waals surface area contributed by atoms with E-state index in [0.29, 0.717) is 10.8 Å². The third-order valence-corrected chi connectivity index (χ3v) is 1.99. The number of alkyl halides is 3. The third kappa shape index (κ3) is 1.47. The molecule has 0 amide bonds. The molecule has 15 heavy (non-hydrogen) atoms. The molecule has 0 atom stereocenters. The van der Waals surface area contributed by atoms with Crippen molar-refractivity contribution >= 4 is 11.8 Å². The maximum absolute atomic E-state index is 12.5. The van der Waals surface area contributed by atoms with Crippen molar-refractivity contribution in [1.82, 2.24) is 9.61 Å². The highest BCUT2D eigenvalue weighted by Crippen LogP contribution is 2.29. The number of aldehydes is 1. The fraction of sp³-hybridized carbons (Fsp3) is 0.111. The Morgan fingerprint density at radius 1 is 1.33 bits per heavy atom. The monoisotopic (exact) mass is 214 g/mol. The topological polar surface area (TPSA) is 34.4 Å². The molecule has 78 valence electrons. The lowest BCUT2D eigenvalue weighted by Gasteiger charge is -2.07. The van der Waals surface area contributed by atoms with Crippen LogP contribution in [0.25, 0.3) is 5.52 Å². The second-order valence-electron chi connectivity index (χ2n) is 2.92. The van der Waals surface area contributed by atoms with Gasteiger partial charge >= 0.3 is 6.18 Å². The summed E-state index contributed by atoms with van der Waals surface area (Å²) in [6.07, 6.45) is -2.90. The Kier molecular flexibility index (Phi) is 1.99. The van der Waals surface area contributed by atoms with Gasteiger partial charge in [0.1, 0.15) is 5.69 Å². The molecule has 2 heterocycles. The molecule has 0 radical (unpaired) electrons. The van der Waals surface area contributed by atoms with Gasteiger partial charge in [-0.25, -0.2) is 4.52 Å². The first-order chi connectivity index (χ1) is 7.04. The summed E-state index contributed by atoms with van der Waals surface area (Å²) in [7, 11) is 0. The van der Waals surface area contributed by atoms with Gasteiger partial charge in [-0.1, -0.05) is 6.07 Å². The fourth-order valence-corrected chi connectivity index (χ4v) is 1.34. The van der Waals surface area contributed by atoms with Crippen molar-refractivity contribution in [2.24, 2.45) is 0 Å². The first kappa shape index (κ1) is 9.70. The minimum absolute atomic E-state index is 0.140. The van der Waals surface area contributed by atoms with Gasteiger partial charge in [-0.15, -0.1) is 0 Å². The number of nitrogens with zero attached hydrogens (tertiary/aromatic N) is 2. The Bertz CT molecular complexity index is 516. The summed E-state index contributed by atoms with van der Waals surface area (Å²) in [6.45, 7) is 0. The van der Waals surface area contributed by atoms with E-state index >= 15 is 0 Å². The van der Waals surface area contributed by atoms with Crippen LogP contribution in [0.4, 0.5) is 13.2 Å². The van der Waals surface area contributed by atoms with Gasteiger partial charge in [0.15, 0.2) is 6.29 Å². The molecular formula is C9H5F3N2O. The van der Waals surface area contributed by atoms with E-state index in [1.54, 1.807) is 0 Å². The molecule has 3 nitrogen and oxygen atoms in total. The average molecular weight is 214 g/mol. The molecule has 0 aromatic carbocycles. The van der Waals surface area contributed by atoms with Gasteiger partial charge in [-0.2, -0.15) is 18.3 Å². The molecule has 0 unspecified atom stereocenters. The summed E-state index contributed by atoms with van der Waals surface area (Å²) in [5.74, 6) is 0. The van der Waals surface area contributed by atoms with Gasteiger partial charge in [0.2, 0.25) is 0 Å². The number of aromatic nitrogens is 2. The van der Waals surface area contributed by atoms with Crippen LogP contribution >= 0.6 is 0 Å². The first-order valence-corrected chi connectivity index (χ1v) is 4.03. The van der Waals surface area contributed by atoms with E-state index in [9.17, 15) is 18.0 Å². The zero-order valence-electron chi connectivity index (χ0n) is 7.32. The highest BCUT2D eigenvalue weighted by atomic mass is 19.4. The van der Waals surface area contributed by atoms with Crippen molar-refractivity contribution in [3.8, 4) is 0 Å². The Labute approximate surface area is 82.1 Å². The van der Waals surface area contributed by atoms with E-state index in [1.807, 2.05) is 0 Å². The lowest BCUT2D eigenvalue weighted by Crippen LogP contribution is -2.11. The Balaban J connectivity index is 2.78. The zero-order chi connectivity index (χ0) is 11.1. The van der Waals surface area contributed by atoms with Crippen LogP contribution in [0.15, 0.2) is 24.4 Å². The largest absolute Gasteiger partial charge is 0.433 e. The van der Waals surface area contributed by atoms with Crippen molar-refractivity contribution in [2.75, 3.05) is 0 Å². The summed E-state index contributed by atoms with van der Waals surface area (Å²) >= 11 is 0. The van der Waals surface area contributed by atoms with Crippen molar-refractivity contribution in [3.63, 3.8) is 0 Å². The van der Waals surface area contributed by atoms with Crippen molar-refractivity contribution < 1.29 is 18.0 Å². The normalized spacial score (nSPS) is 11.9. The van der Waals surface area contributed by atoms with Crippen LogP contribution < -0.4 is 0 Å². The number of pyridine rings is 1. The predicted molar refractivity (Wildman–Crippen MR) is 45.6 cm³/mol. The van der Waals surface area contributed by atoms with E-state index in [1.165, 1.54) is 12.1 Å². The number of fused-ring (bicyclic) bond motifs is 1. The van der Waals surface area contributed by atoms with E-state index in [2.05, 4.69) is 5.10 Å². The number of hydrogen-bond acceptors (Lipinski definition) is 2. The van der Waals surface area contributed by atoms with Gasteiger partial charge in [0.05, 0.1) is 17.3 Å². The maximum Gasteiger partial charge on any atom is 0.433 e. The fourth-order valence-electron chi connectivity index (χ4n) is 1.34. The predicted octanol–water partition coefficient (Wildman–Crippen LogP) is 2.17. The molecule has 0 aliphatic heterocycles. The Hall–Kier alpha value is -1.85. The maximum atomic E-state index is 12.5. The minimum atomic E-state index is -4.48. The molecule has 0 saturated heterocycles. The van der Waals surface area contributed by atoms with Crippen LogP contribution in [-0.2, 0) is 6.18 Å². The Morgan fingerprint density at radius 3 is 2.67 bits per heavy atom. The van der Waals surface area contributed by atoms with Crippen molar-refractivity contribution in [3.05, 3.63) is 35.7 Å². The number of hydrogen-bond donors (Lipinski definition) is 0. The zero-order valence-corrected chi connectivity index (χ0v) is 7.32. The molecule has 0 spiro atoms. The molecule has 0 saturated carbocycles. The highest BCUT2D eigenvalue weighted by Gasteiger charge is 2.33. The molecule has 0 N–H and O–H groups in total. The molecule has 0 bridgehead atoms. The molecule has 0 aliphatic rings. The van der Waals surface area contributed by atoms with Crippen molar-refractivity contribution in [2.45, 2.75) is 6.18 Å². The van der Waals surface area contributed by atoms with Gasteiger partial charge in [-0.3, -0.25) is 4.79 Å². The first-order valence-electron chi connectivity index (χ1n) is 4.03. The standard InChI is InChI=1S/C9H5F3N2O/c10-9(11,12)8-3-1-2-7-6(5-15)4-13-14(7)8/h1-5H. The lowest BCUT2D eigenvalue weighted by molar-refractivity contribution is -0.142. The van der Waals surface area contributed by atoms with E-state index in [4.69, 9.17) is 0 Å². The number of carbonyl (C=O) groups excluding carboxylic acids is 1. The molecule has 0 fully saturated rings. The minimum Gasteiger partial charge on any atom is -0.298 e. The van der Waals surface area contributed by atoms with Crippen LogP contribution in [-0.4, -0.2) is 15.9 Å². The van der Waals surface area contributed by atoms with Crippen LogP contribution in [0.2, 0.25) is 0 Å². The van der Waals surface area contributed by atoms with Gasteiger partial charge in [0, 0.05) is 0 Å². The van der Waals surface area contributed by atoms with Crippen LogP contribution in [0.3, 0.4) is 0 Å². The van der Waals surface area contributed by atoms with Gasteiger partial charge in [0.25, 0.3) is 0 Å². The second kappa shape index (κ2) is 3.08. The average Bonchev–Trinajstić information content (AvgIpc) is 2.58. The smallest absolute Gasteiger partial charge is 0.298 e. The number of halogens is 3. The summed E-state index contributed by atoms with van der Waals surface area (Å²) in [5.41, 5.74) is -0.603. The molecule has 2 aromatic rings. The number of carbonyl (C=O) groups is 1. The summed E-state index contributed by atoms with van der Waals surface area (Å²) in [6, 6.07) is 3.56. The molecule has 6 heteroatoms. The molecular weight excluding hydrogens is 209 g/mol. The summed E-state index contributed by atoms with van der Waals surface area (Å²) in [4.78, 5) is 10.5. The van der Waals surface area contributed by atoms with Crippen LogP contribution in [0.5, 0.6) is 0 Å². The molecule has 0 aliphatic carbocycles. The van der Waals surface area contributed by atoms with Gasteiger partial charge in [-0.05, 0) is 12.1 Å². The third-order valence-electron chi connectivity index (χ3n) is 1.99. The summed E-state index contributed by atoms with van der Waals surface area (Å²) in [5, 5.41) is 3.52. The molecule has 2 aromatic heterocycles. The summed E-state index contributed by atoms with van der Waals surface area (Å²) < 4.78 is 38.2.